The molecule has 7 aromatic carbocycles. The highest BCUT2D eigenvalue weighted by molar-refractivity contribution is 5.94. The van der Waals surface area contributed by atoms with Crippen molar-refractivity contribution < 1.29 is 0 Å². The van der Waals surface area contributed by atoms with E-state index in [9.17, 15) is 0 Å². The number of hydrogen-bond donors (Lipinski definition) is 0. The van der Waals surface area contributed by atoms with Crippen LogP contribution in [0.4, 0.5) is 34.1 Å². The minimum Gasteiger partial charge on any atom is -0.310 e. The molecule has 2 nitrogen and oxygen atoms in total. The minimum atomic E-state index is -0.220. The van der Waals surface area contributed by atoms with E-state index in [1.54, 1.807) is 0 Å². The van der Waals surface area contributed by atoms with Crippen LogP contribution in [-0.2, 0) is 21.7 Å². The van der Waals surface area contributed by atoms with Crippen molar-refractivity contribution in [1.29, 1.82) is 0 Å². The first-order chi connectivity index (χ1) is 27.2. The Kier molecular flexibility index (Phi) is 7.53. The lowest BCUT2D eigenvalue weighted by Crippen LogP contribution is -2.38. The predicted molar refractivity (Wildman–Crippen MR) is 242 cm³/mol. The van der Waals surface area contributed by atoms with Crippen LogP contribution < -0.4 is 9.80 Å². The molecule has 3 aliphatic rings. The molecule has 0 radical (unpaired) electrons. The Morgan fingerprint density at radius 2 is 0.912 bits per heavy atom. The molecule has 57 heavy (non-hydrogen) atoms. The van der Waals surface area contributed by atoms with Crippen LogP contribution >= 0.6 is 0 Å². The summed E-state index contributed by atoms with van der Waals surface area (Å²) in [5.74, 6) is 0. The lowest BCUT2D eigenvalue weighted by Gasteiger charge is -2.49. The van der Waals surface area contributed by atoms with Crippen molar-refractivity contribution in [3.8, 4) is 22.3 Å². The van der Waals surface area contributed by atoms with E-state index in [-0.39, 0.29) is 21.7 Å². The fourth-order valence-electron chi connectivity index (χ4n) is 10.3. The minimum absolute atomic E-state index is 0.0350. The van der Waals surface area contributed by atoms with Gasteiger partial charge in [-0.2, -0.15) is 0 Å². The van der Waals surface area contributed by atoms with Crippen LogP contribution in [0.2, 0.25) is 0 Å². The molecule has 2 heterocycles. The van der Waals surface area contributed by atoms with Crippen molar-refractivity contribution in [1.82, 2.24) is 0 Å². The van der Waals surface area contributed by atoms with Gasteiger partial charge in [-0.15, -0.1) is 0 Å². The molecule has 2 aliphatic heterocycles. The maximum atomic E-state index is 2.54. The Bertz CT molecular complexity index is 2740. The fraction of sp³-hybridized carbons (Fsp3) is 0.236. The third-order valence-corrected chi connectivity index (χ3v) is 13.6. The summed E-state index contributed by atoms with van der Waals surface area (Å²) in [5, 5.41) is 0. The second kappa shape index (κ2) is 12.1. The van der Waals surface area contributed by atoms with Gasteiger partial charge in [0.05, 0.1) is 17.1 Å². The summed E-state index contributed by atoms with van der Waals surface area (Å²) in [6, 6.07) is 57.4. The molecular weight excluding hydrogens is 689 g/mol. The second-order valence-electron chi connectivity index (χ2n) is 19.1. The molecule has 0 N–H and O–H groups in total. The second-order valence-corrected chi connectivity index (χ2v) is 19.1. The number of nitrogens with zero attached hydrogens (tertiary/aromatic N) is 2. The Labute approximate surface area is 339 Å². The van der Waals surface area contributed by atoms with Gasteiger partial charge in [0.25, 0.3) is 0 Å². The number of para-hydroxylation sites is 2. The Morgan fingerprint density at radius 3 is 1.60 bits per heavy atom. The van der Waals surface area contributed by atoms with Crippen LogP contribution in [0, 0.1) is 0 Å². The number of benzene rings is 7. The average Bonchev–Trinajstić information content (AvgIpc) is 3.43. The van der Waals surface area contributed by atoms with Crippen LogP contribution in [-0.4, -0.2) is 0 Å². The zero-order valence-electron chi connectivity index (χ0n) is 34.8. The molecule has 0 aromatic heterocycles. The van der Waals surface area contributed by atoms with Crippen LogP contribution in [0.15, 0.2) is 152 Å². The van der Waals surface area contributed by atoms with E-state index in [2.05, 4.69) is 224 Å². The van der Waals surface area contributed by atoms with Crippen LogP contribution in [0.25, 0.3) is 22.3 Å². The Morgan fingerprint density at radius 1 is 0.404 bits per heavy atom. The third-order valence-electron chi connectivity index (χ3n) is 13.6. The molecule has 0 saturated carbocycles. The van der Waals surface area contributed by atoms with E-state index >= 15 is 0 Å². The number of fused-ring (bicyclic) bond motifs is 7. The molecule has 7 aromatic rings. The normalized spacial score (nSPS) is 16.2. The summed E-state index contributed by atoms with van der Waals surface area (Å²) in [4.78, 5) is 4.98. The van der Waals surface area contributed by atoms with Gasteiger partial charge in [-0.1, -0.05) is 159 Å². The quantitative estimate of drug-likeness (QED) is 0.177. The van der Waals surface area contributed by atoms with E-state index in [1.807, 2.05) is 0 Å². The molecule has 10 rings (SSSR count). The standard InChI is InChI=1S/C55H52N2/c1-52(2,3)37-24-28-39(29-25-37)56(38-26-21-35(22-27-38)36-23-31-42-41-15-10-11-16-43(41)53(4,5)47(42)33-36)40-30-32-50-48(34-40)55(8,9)46-19-14-18-45-51(46)57(50)49-20-13-12-17-44(49)54(45,6)7/h10-34H,1-9H3. The monoisotopic (exact) mass is 740 g/mol. The molecule has 2 heteroatoms. The first-order valence-corrected chi connectivity index (χ1v) is 20.6. The highest BCUT2D eigenvalue weighted by Gasteiger charge is 2.45. The van der Waals surface area contributed by atoms with E-state index in [0.717, 1.165) is 17.1 Å². The molecule has 0 unspecified atom stereocenters. The number of rotatable bonds is 4. The fourth-order valence-corrected chi connectivity index (χ4v) is 10.3. The zero-order valence-corrected chi connectivity index (χ0v) is 34.8. The molecule has 0 saturated heterocycles. The van der Waals surface area contributed by atoms with Crippen molar-refractivity contribution >= 4 is 34.1 Å². The summed E-state index contributed by atoms with van der Waals surface area (Å²) in [7, 11) is 0. The third kappa shape index (κ3) is 5.15. The topological polar surface area (TPSA) is 6.48 Å². The summed E-state index contributed by atoms with van der Waals surface area (Å²) < 4.78 is 0. The number of anilines is 6. The summed E-state index contributed by atoms with van der Waals surface area (Å²) >= 11 is 0. The largest absolute Gasteiger partial charge is 0.310 e. The van der Waals surface area contributed by atoms with Gasteiger partial charge in [0.2, 0.25) is 0 Å². The van der Waals surface area contributed by atoms with Gasteiger partial charge in [0, 0.05) is 33.3 Å². The zero-order chi connectivity index (χ0) is 39.6. The molecule has 0 amide bonds. The van der Waals surface area contributed by atoms with Gasteiger partial charge in [0.15, 0.2) is 0 Å². The molecule has 0 bridgehead atoms. The number of hydrogen-bond acceptors (Lipinski definition) is 2. The van der Waals surface area contributed by atoms with Gasteiger partial charge < -0.3 is 9.80 Å². The van der Waals surface area contributed by atoms with Crippen molar-refractivity contribution in [3.63, 3.8) is 0 Å². The van der Waals surface area contributed by atoms with E-state index in [0.29, 0.717) is 0 Å². The van der Waals surface area contributed by atoms with Crippen molar-refractivity contribution in [2.24, 2.45) is 0 Å². The average molecular weight is 741 g/mol. The van der Waals surface area contributed by atoms with Gasteiger partial charge in [0.1, 0.15) is 0 Å². The lowest BCUT2D eigenvalue weighted by atomic mass is 9.66. The van der Waals surface area contributed by atoms with Gasteiger partial charge in [-0.05, 0) is 121 Å². The van der Waals surface area contributed by atoms with Gasteiger partial charge in [-0.25, -0.2) is 0 Å². The molecule has 282 valence electrons. The van der Waals surface area contributed by atoms with E-state index < -0.39 is 0 Å². The molecular formula is C55H52N2. The summed E-state index contributed by atoms with van der Waals surface area (Å²) in [5.41, 5.74) is 21.8. The van der Waals surface area contributed by atoms with Crippen LogP contribution in [0.1, 0.15) is 101 Å². The first-order valence-electron chi connectivity index (χ1n) is 20.6. The van der Waals surface area contributed by atoms with E-state index in [1.165, 1.54) is 78.3 Å². The van der Waals surface area contributed by atoms with Gasteiger partial charge >= 0.3 is 0 Å². The Balaban J connectivity index is 1.10. The summed E-state index contributed by atoms with van der Waals surface area (Å²) in [6.07, 6.45) is 0. The smallest absolute Gasteiger partial charge is 0.0543 e. The molecule has 1 aliphatic carbocycles. The van der Waals surface area contributed by atoms with Crippen molar-refractivity contribution in [2.75, 3.05) is 9.80 Å². The predicted octanol–water partition coefficient (Wildman–Crippen LogP) is 15.2. The van der Waals surface area contributed by atoms with Crippen molar-refractivity contribution in [3.05, 3.63) is 191 Å². The summed E-state index contributed by atoms with van der Waals surface area (Å²) in [6.45, 7) is 21.1. The highest BCUT2D eigenvalue weighted by atomic mass is 15.2. The molecule has 0 atom stereocenters. The van der Waals surface area contributed by atoms with Crippen molar-refractivity contribution in [2.45, 2.75) is 84.0 Å². The lowest BCUT2D eigenvalue weighted by molar-refractivity contribution is 0.590. The maximum Gasteiger partial charge on any atom is 0.0543 e. The van der Waals surface area contributed by atoms with Gasteiger partial charge in [-0.3, -0.25) is 0 Å². The van der Waals surface area contributed by atoms with E-state index in [4.69, 9.17) is 0 Å². The molecule has 0 fully saturated rings. The maximum absolute atomic E-state index is 2.54. The molecule has 0 spiro atoms. The Hall–Kier alpha value is -5.86. The SMILES string of the molecule is CC(C)(C)c1ccc(N(c2ccc(-c3ccc4c(c3)C(C)(C)c3ccccc3-4)cc2)c2ccc3c(c2)C(C)(C)c2cccc4c2N3c2ccccc2C4(C)C)cc1. The van der Waals surface area contributed by atoms with Crippen LogP contribution in [0.5, 0.6) is 0 Å². The first kappa shape index (κ1) is 35.5. The highest BCUT2D eigenvalue weighted by Crippen LogP contribution is 2.60. The van der Waals surface area contributed by atoms with Crippen LogP contribution in [0.3, 0.4) is 0 Å².